The van der Waals surface area contributed by atoms with E-state index in [0.717, 1.165) is 0 Å². The smallest absolute Gasteiger partial charge is 0.279 e. The molecule has 1 amide bonds. The molecule has 5 nitrogen and oxygen atoms in total. The van der Waals surface area contributed by atoms with Crippen LogP contribution in [0.3, 0.4) is 0 Å². The van der Waals surface area contributed by atoms with Crippen molar-refractivity contribution in [1.82, 2.24) is 4.57 Å². The van der Waals surface area contributed by atoms with Crippen LogP contribution in [0.2, 0.25) is 0 Å². The molecule has 0 N–H and O–H groups in total. The van der Waals surface area contributed by atoms with Crippen LogP contribution in [0.25, 0.3) is 0 Å². The Morgan fingerprint density at radius 3 is 3.00 bits per heavy atom. The monoisotopic (exact) mass is 262 g/mol. The number of carbonyl (C=O) groups excluding carboxylic acids is 1. The molecule has 1 aliphatic rings. The minimum atomic E-state index is -0.286. The van der Waals surface area contributed by atoms with Crippen LogP contribution in [0.4, 0.5) is 0 Å². The van der Waals surface area contributed by atoms with Crippen LogP contribution in [0.1, 0.15) is 10.4 Å². The quantitative estimate of drug-likeness (QED) is 0.783. The molecule has 18 heavy (non-hydrogen) atoms. The first-order valence-corrected chi connectivity index (χ1v) is 6.21. The Morgan fingerprint density at radius 1 is 1.39 bits per heavy atom. The molecule has 0 saturated heterocycles. The lowest BCUT2D eigenvalue weighted by atomic mass is 10.2. The van der Waals surface area contributed by atoms with Crippen molar-refractivity contribution < 1.29 is 14.3 Å². The number of hydrogen-bond acceptors (Lipinski definition) is 4. The lowest BCUT2D eigenvalue weighted by Crippen LogP contribution is -2.12. The first-order chi connectivity index (χ1) is 8.74. The van der Waals surface area contributed by atoms with Crippen LogP contribution in [-0.4, -0.2) is 17.3 Å². The number of ether oxygens (including phenoxy) is 2. The molecule has 1 aromatic heterocycles. The van der Waals surface area contributed by atoms with Gasteiger partial charge in [0, 0.05) is 24.2 Å². The van der Waals surface area contributed by atoms with E-state index in [1.807, 2.05) is 18.6 Å². The summed E-state index contributed by atoms with van der Waals surface area (Å²) in [6, 6.07) is 5.06. The van der Waals surface area contributed by atoms with Gasteiger partial charge in [-0.3, -0.25) is 4.79 Å². The van der Waals surface area contributed by atoms with Gasteiger partial charge in [0.15, 0.2) is 16.3 Å². The van der Waals surface area contributed by atoms with Crippen molar-refractivity contribution in [2.24, 2.45) is 12.0 Å². The van der Waals surface area contributed by atoms with Gasteiger partial charge in [-0.05, 0) is 18.2 Å². The van der Waals surface area contributed by atoms with Crippen molar-refractivity contribution in [3.05, 3.63) is 40.1 Å². The summed E-state index contributed by atoms with van der Waals surface area (Å²) in [5.74, 6) is 0.964. The number of carbonyl (C=O) groups is 1. The lowest BCUT2D eigenvalue weighted by molar-refractivity contribution is 0.0997. The SMILES string of the molecule is Cn1ccsc1=NC(=O)c1ccc2c(c1)OCO2. The Hall–Kier alpha value is -2.08. The second-order valence-corrected chi connectivity index (χ2v) is 4.65. The van der Waals surface area contributed by atoms with Crippen molar-refractivity contribution >= 4 is 17.2 Å². The molecule has 0 saturated carbocycles. The highest BCUT2D eigenvalue weighted by Crippen LogP contribution is 2.32. The standard InChI is InChI=1S/C12H10N2O3S/c1-14-4-5-18-12(14)13-11(15)8-2-3-9-10(6-8)17-7-16-9/h2-6H,7H2,1H3. The fourth-order valence-electron chi connectivity index (χ4n) is 1.62. The normalized spacial score (nSPS) is 13.9. The van der Waals surface area contributed by atoms with Gasteiger partial charge in [0.25, 0.3) is 5.91 Å². The topological polar surface area (TPSA) is 52.8 Å². The highest BCUT2D eigenvalue weighted by molar-refractivity contribution is 7.07. The Labute approximate surface area is 107 Å². The van der Waals surface area contributed by atoms with Gasteiger partial charge < -0.3 is 14.0 Å². The molecular formula is C12H10N2O3S. The van der Waals surface area contributed by atoms with Gasteiger partial charge in [0.1, 0.15) is 0 Å². The second kappa shape index (κ2) is 4.30. The minimum Gasteiger partial charge on any atom is -0.454 e. The van der Waals surface area contributed by atoms with E-state index >= 15 is 0 Å². The molecule has 0 spiro atoms. The first kappa shape index (κ1) is 11.0. The van der Waals surface area contributed by atoms with E-state index in [2.05, 4.69) is 4.99 Å². The molecule has 0 radical (unpaired) electrons. The van der Waals surface area contributed by atoms with Crippen LogP contribution < -0.4 is 14.3 Å². The summed E-state index contributed by atoms with van der Waals surface area (Å²) >= 11 is 1.42. The van der Waals surface area contributed by atoms with E-state index < -0.39 is 0 Å². The van der Waals surface area contributed by atoms with Gasteiger partial charge in [-0.25, -0.2) is 0 Å². The van der Waals surface area contributed by atoms with Crippen molar-refractivity contribution in [1.29, 1.82) is 0 Å². The molecule has 0 fully saturated rings. The highest BCUT2D eigenvalue weighted by Gasteiger charge is 2.15. The van der Waals surface area contributed by atoms with E-state index in [0.29, 0.717) is 21.9 Å². The number of nitrogens with zero attached hydrogens (tertiary/aromatic N) is 2. The van der Waals surface area contributed by atoms with Gasteiger partial charge in [-0.2, -0.15) is 4.99 Å². The zero-order chi connectivity index (χ0) is 12.5. The molecule has 92 valence electrons. The predicted octanol–water partition coefficient (Wildman–Crippen LogP) is 1.56. The van der Waals surface area contributed by atoms with E-state index in [-0.39, 0.29) is 12.7 Å². The summed E-state index contributed by atoms with van der Waals surface area (Å²) in [5.41, 5.74) is 0.493. The molecule has 0 unspecified atom stereocenters. The van der Waals surface area contributed by atoms with Gasteiger partial charge in [0.2, 0.25) is 6.79 Å². The largest absolute Gasteiger partial charge is 0.454 e. The predicted molar refractivity (Wildman–Crippen MR) is 65.7 cm³/mol. The molecule has 6 heteroatoms. The number of amides is 1. The number of aryl methyl sites for hydroxylation is 1. The number of rotatable bonds is 1. The van der Waals surface area contributed by atoms with Gasteiger partial charge >= 0.3 is 0 Å². The molecule has 0 atom stereocenters. The fourth-order valence-corrected chi connectivity index (χ4v) is 2.34. The summed E-state index contributed by atoms with van der Waals surface area (Å²) in [6.45, 7) is 0.198. The summed E-state index contributed by atoms with van der Waals surface area (Å²) in [5, 5.41) is 1.88. The Balaban J connectivity index is 1.96. The molecule has 1 aliphatic heterocycles. The lowest BCUT2D eigenvalue weighted by Gasteiger charge is -1.98. The van der Waals surface area contributed by atoms with Crippen LogP contribution in [0.15, 0.2) is 34.8 Å². The van der Waals surface area contributed by atoms with Crippen molar-refractivity contribution in [2.45, 2.75) is 0 Å². The number of thiazole rings is 1. The molecule has 2 heterocycles. The average molecular weight is 262 g/mol. The first-order valence-electron chi connectivity index (χ1n) is 5.33. The maximum Gasteiger partial charge on any atom is 0.279 e. The molecule has 3 rings (SSSR count). The van der Waals surface area contributed by atoms with E-state index in [1.54, 1.807) is 22.8 Å². The Bertz CT molecular complexity index is 672. The van der Waals surface area contributed by atoms with E-state index in [4.69, 9.17) is 9.47 Å². The molecular weight excluding hydrogens is 252 g/mol. The van der Waals surface area contributed by atoms with Crippen molar-refractivity contribution in [3.63, 3.8) is 0 Å². The number of hydrogen-bond donors (Lipinski definition) is 0. The third kappa shape index (κ3) is 1.91. The summed E-state index contributed by atoms with van der Waals surface area (Å²) in [4.78, 5) is 16.7. The third-order valence-corrected chi connectivity index (χ3v) is 3.42. The van der Waals surface area contributed by atoms with E-state index in [1.165, 1.54) is 11.3 Å². The fraction of sp³-hybridized carbons (Fsp3) is 0.167. The number of benzene rings is 1. The second-order valence-electron chi connectivity index (χ2n) is 3.78. The zero-order valence-electron chi connectivity index (χ0n) is 9.62. The maximum absolute atomic E-state index is 12.0. The van der Waals surface area contributed by atoms with Gasteiger partial charge in [-0.15, -0.1) is 11.3 Å². The number of aromatic nitrogens is 1. The molecule has 0 bridgehead atoms. The summed E-state index contributed by atoms with van der Waals surface area (Å²) < 4.78 is 12.2. The molecule has 1 aromatic carbocycles. The van der Waals surface area contributed by atoms with Crippen molar-refractivity contribution in [3.8, 4) is 11.5 Å². The summed E-state index contributed by atoms with van der Waals surface area (Å²) in [6.07, 6.45) is 1.86. The van der Waals surface area contributed by atoms with E-state index in [9.17, 15) is 4.79 Å². The molecule has 2 aromatic rings. The molecule has 0 aliphatic carbocycles. The van der Waals surface area contributed by atoms with Gasteiger partial charge in [0.05, 0.1) is 0 Å². The zero-order valence-corrected chi connectivity index (χ0v) is 10.4. The van der Waals surface area contributed by atoms with Crippen LogP contribution in [-0.2, 0) is 7.05 Å². The highest BCUT2D eigenvalue weighted by atomic mass is 32.1. The van der Waals surface area contributed by atoms with Crippen LogP contribution in [0.5, 0.6) is 11.5 Å². The maximum atomic E-state index is 12.0. The minimum absolute atomic E-state index is 0.198. The Morgan fingerprint density at radius 2 is 2.22 bits per heavy atom. The van der Waals surface area contributed by atoms with Gasteiger partial charge in [-0.1, -0.05) is 0 Å². The average Bonchev–Trinajstić information content (AvgIpc) is 2.98. The van der Waals surface area contributed by atoms with Crippen LogP contribution >= 0.6 is 11.3 Å². The van der Waals surface area contributed by atoms with Crippen molar-refractivity contribution in [2.75, 3.05) is 6.79 Å². The van der Waals surface area contributed by atoms with Crippen LogP contribution in [0, 0.1) is 0 Å². The number of fused-ring (bicyclic) bond motifs is 1. The Kier molecular flexibility index (Phi) is 2.64. The summed E-state index contributed by atoms with van der Waals surface area (Å²) in [7, 11) is 1.85. The third-order valence-electron chi connectivity index (χ3n) is 2.58.